The molecule has 1 unspecified atom stereocenters. The Morgan fingerprint density at radius 3 is 2.72 bits per heavy atom. The normalized spacial score (nSPS) is 19.7. The minimum Gasteiger partial charge on any atom is -0.476 e. The van der Waals surface area contributed by atoms with Gasteiger partial charge in [-0.15, -0.1) is 0 Å². The number of carbonyl (C=O) groups is 1. The van der Waals surface area contributed by atoms with Crippen molar-refractivity contribution in [1.29, 1.82) is 0 Å². The van der Waals surface area contributed by atoms with Crippen LogP contribution in [0.1, 0.15) is 49.2 Å². The van der Waals surface area contributed by atoms with Crippen LogP contribution in [0.3, 0.4) is 0 Å². The minimum atomic E-state index is -0.922. The quantitative estimate of drug-likeness (QED) is 0.837. The number of imidazole rings is 1. The van der Waals surface area contributed by atoms with Crippen LogP contribution in [0.2, 0.25) is 0 Å². The third-order valence-electron chi connectivity index (χ3n) is 3.24. The Bertz CT molecular complexity index is 471. The van der Waals surface area contributed by atoms with Crippen molar-refractivity contribution in [3.8, 4) is 0 Å². The second kappa shape index (κ2) is 4.39. The number of aryl methyl sites for hydroxylation is 1. The van der Waals surface area contributed by atoms with Crippen molar-refractivity contribution >= 4 is 5.97 Å². The topological polar surface area (TPSA) is 67.1 Å². The molecule has 0 spiro atoms. The molecule has 1 atom stereocenters. The molecule has 0 fully saturated rings. The Hall–Kier alpha value is -1.36. The van der Waals surface area contributed by atoms with Crippen molar-refractivity contribution in [2.75, 3.05) is 0 Å². The van der Waals surface area contributed by atoms with Gasteiger partial charge >= 0.3 is 5.97 Å². The third kappa shape index (κ3) is 2.56. The van der Waals surface area contributed by atoms with Gasteiger partial charge in [-0.1, -0.05) is 0 Å². The standard InChI is InChI=1S/C13H21N3O2/c1-8-14-11(12(17)18)10-6-5-9(7-16(8)10)15-13(2,3)4/h9,15H,5-7H2,1-4H3,(H,17,18). The summed E-state index contributed by atoms with van der Waals surface area (Å²) in [7, 11) is 0. The number of fused-ring (bicyclic) bond motifs is 1. The molecule has 0 amide bonds. The summed E-state index contributed by atoms with van der Waals surface area (Å²) >= 11 is 0. The molecule has 0 aliphatic carbocycles. The van der Waals surface area contributed by atoms with E-state index >= 15 is 0 Å². The van der Waals surface area contributed by atoms with Crippen molar-refractivity contribution in [3.63, 3.8) is 0 Å². The van der Waals surface area contributed by atoms with Crippen molar-refractivity contribution in [2.24, 2.45) is 0 Å². The summed E-state index contributed by atoms with van der Waals surface area (Å²) in [5.41, 5.74) is 1.17. The molecule has 0 saturated heterocycles. The van der Waals surface area contributed by atoms with Crippen LogP contribution in [-0.4, -0.2) is 32.2 Å². The monoisotopic (exact) mass is 251 g/mol. The first-order valence-corrected chi connectivity index (χ1v) is 6.35. The van der Waals surface area contributed by atoms with Gasteiger partial charge in [0.1, 0.15) is 5.82 Å². The van der Waals surface area contributed by atoms with Gasteiger partial charge in [0.2, 0.25) is 0 Å². The van der Waals surface area contributed by atoms with Gasteiger partial charge in [-0.2, -0.15) is 0 Å². The summed E-state index contributed by atoms with van der Waals surface area (Å²) in [6.45, 7) is 9.11. The first-order valence-electron chi connectivity index (χ1n) is 6.35. The van der Waals surface area contributed by atoms with Crippen molar-refractivity contribution in [2.45, 2.75) is 58.7 Å². The van der Waals surface area contributed by atoms with Crippen molar-refractivity contribution in [1.82, 2.24) is 14.9 Å². The van der Waals surface area contributed by atoms with E-state index in [9.17, 15) is 4.79 Å². The predicted octanol–water partition coefficient (Wildman–Crippen LogP) is 1.59. The highest BCUT2D eigenvalue weighted by Crippen LogP contribution is 2.22. The molecule has 0 radical (unpaired) electrons. The van der Waals surface area contributed by atoms with Gasteiger partial charge in [0, 0.05) is 18.1 Å². The summed E-state index contributed by atoms with van der Waals surface area (Å²) in [4.78, 5) is 15.3. The molecule has 1 aromatic heterocycles. The lowest BCUT2D eigenvalue weighted by atomic mass is 10.00. The molecule has 5 nitrogen and oxygen atoms in total. The number of aromatic nitrogens is 2. The van der Waals surface area contributed by atoms with E-state index in [0.717, 1.165) is 30.9 Å². The summed E-state index contributed by atoms with van der Waals surface area (Å²) in [5, 5.41) is 12.7. The zero-order valence-corrected chi connectivity index (χ0v) is 11.4. The van der Waals surface area contributed by atoms with Crippen LogP contribution in [0.4, 0.5) is 0 Å². The second-order valence-electron chi connectivity index (χ2n) is 6.00. The van der Waals surface area contributed by atoms with Crippen LogP contribution in [0.25, 0.3) is 0 Å². The fourth-order valence-corrected chi connectivity index (χ4v) is 2.63. The minimum absolute atomic E-state index is 0.0757. The SMILES string of the molecule is Cc1nc(C(=O)O)c2n1CC(NC(C)(C)C)CC2. The Morgan fingerprint density at radius 1 is 1.50 bits per heavy atom. The largest absolute Gasteiger partial charge is 0.476 e. The smallest absolute Gasteiger partial charge is 0.356 e. The Morgan fingerprint density at radius 2 is 2.17 bits per heavy atom. The summed E-state index contributed by atoms with van der Waals surface area (Å²) in [5.74, 6) is -0.128. The van der Waals surface area contributed by atoms with Gasteiger partial charge in [0.25, 0.3) is 0 Å². The average molecular weight is 251 g/mol. The predicted molar refractivity (Wildman–Crippen MR) is 68.9 cm³/mol. The molecule has 100 valence electrons. The molecular weight excluding hydrogens is 230 g/mol. The van der Waals surface area contributed by atoms with Crippen LogP contribution in [0, 0.1) is 6.92 Å². The van der Waals surface area contributed by atoms with Gasteiger partial charge in [0.15, 0.2) is 5.69 Å². The third-order valence-corrected chi connectivity index (χ3v) is 3.24. The van der Waals surface area contributed by atoms with Gasteiger partial charge in [-0.25, -0.2) is 9.78 Å². The van der Waals surface area contributed by atoms with E-state index in [-0.39, 0.29) is 11.2 Å². The van der Waals surface area contributed by atoms with Crippen LogP contribution in [0.5, 0.6) is 0 Å². The molecule has 2 heterocycles. The molecule has 0 aromatic carbocycles. The number of hydrogen-bond donors (Lipinski definition) is 2. The molecule has 1 aliphatic heterocycles. The van der Waals surface area contributed by atoms with Crippen molar-refractivity contribution < 1.29 is 9.90 Å². The van der Waals surface area contributed by atoms with Gasteiger partial charge in [-0.3, -0.25) is 0 Å². The lowest BCUT2D eigenvalue weighted by molar-refractivity contribution is 0.0689. The molecule has 5 heteroatoms. The zero-order chi connectivity index (χ0) is 13.5. The Balaban J connectivity index is 2.22. The summed E-state index contributed by atoms with van der Waals surface area (Å²) in [6, 6.07) is 0.382. The molecule has 18 heavy (non-hydrogen) atoms. The van der Waals surface area contributed by atoms with Gasteiger partial charge < -0.3 is 15.0 Å². The first-order chi connectivity index (χ1) is 8.28. The van der Waals surface area contributed by atoms with E-state index in [1.54, 1.807) is 0 Å². The van der Waals surface area contributed by atoms with Crippen molar-refractivity contribution in [3.05, 3.63) is 17.2 Å². The molecule has 0 bridgehead atoms. The van der Waals surface area contributed by atoms with E-state index in [1.807, 2.05) is 11.5 Å². The number of carboxylic acids is 1. The number of rotatable bonds is 2. The highest BCUT2D eigenvalue weighted by atomic mass is 16.4. The lowest BCUT2D eigenvalue weighted by Crippen LogP contribution is -2.47. The highest BCUT2D eigenvalue weighted by molar-refractivity contribution is 5.86. The van der Waals surface area contributed by atoms with E-state index in [4.69, 9.17) is 5.11 Å². The number of aromatic carboxylic acids is 1. The Labute approximate surface area is 107 Å². The maximum absolute atomic E-state index is 11.1. The zero-order valence-electron chi connectivity index (χ0n) is 11.4. The molecule has 1 aromatic rings. The molecule has 2 rings (SSSR count). The maximum Gasteiger partial charge on any atom is 0.356 e. The highest BCUT2D eigenvalue weighted by Gasteiger charge is 2.28. The number of hydrogen-bond acceptors (Lipinski definition) is 3. The molecule has 0 saturated carbocycles. The number of nitrogens with one attached hydrogen (secondary N) is 1. The van der Waals surface area contributed by atoms with Crippen LogP contribution in [-0.2, 0) is 13.0 Å². The average Bonchev–Trinajstić information content (AvgIpc) is 2.54. The summed E-state index contributed by atoms with van der Waals surface area (Å²) in [6.07, 6.45) is 1.74. The molecular formula is C13H21N3O2. The van der Waals surface area contributed by atoms with E-state index in [2.05, 4.69) is 31.1 Å². The lowest BCUT2D eigenvalue weighted by Gasteiger charge is -2.32. The van der Waals surface area contributed by atoms with E-state index < -0.39 is 5.97 Å². The fraction of sp³-hybridized carbons (Fsp3) is 0.692. The van der Waals surface area contributed by atoms with Gasteiger partial charge in [0.05, 0.1) is 5.69 Å². The van der Waals surface area contributed by atoms with Crippen LogP contribution in [0.15, 0.2) is 0 Å². The van der Waals surface area contributed by atoms with E-state index in [0.29, 0.717) is 6.04 Å². The van der Waals surface area contributed by atoms with Gasteiger partial charge in [-0.05, 0) is 40.5 Å². The fourth-order valence-electron chi connectivity index (χ4n) is 2.63. The number of carboxylic acid groups (broad SMARTS) is 1. The number of nitrogens with zero attached hydrogens (tertiary/aromatic N) is 2. The van der Waals surface area contributed by atoms with E-state index in [1.165, 1.54) is 0 Å². The van der Waals surface area contributed by atoms with Crippen LogP contribution < -0.4 is 5.32 Å². The summed E-state index contributed by atoms with van der Waals surface area (Å²) < 4.78 is 2.04. The Kier molecular flexibility index (Phi) is 3.19. The molecule has 1 aliphatic rings. The second-order valence-corrected chi connectivity index (χ2v) is 6.00. The first kappa shape index (κ1) is 13.1. The van der Waals surface area contributed by atoms with Crippen LogP contribution >= 0.6 is 0 Å². The molecule has 2 N–H and O–H groups in total. The maximum atomic E-state index is 11.1.